The van der Waals surface area contributed by atoms with Crippen molar-refractivity contribution in [3.8, 4) is 0 Å². The predicted molar refractivity (Wildman–Crippen MR) is 121 cm³/mol. The van der Waals surface area contributed by atoms with Crippen molar-refractivity contribution >= 4 is 42.1 Å². The van der Waals surface area contributed by atoms with Crippen LogP contribution in [-0.4, -0.2) is 35.4 Å². The van der Waals surface area contributed by atoms with Gasteiger partial charge in [0.2, 0.25) is 0 Å². The summed E-state index contributed by atoms with van der Waals surface area (Å²) in [4.78, 5) is 19.1. The lowest BCUT2D eigenvalue weighted by Gasteiger charge is -2.20. The Morgan fingerprint density at radius 2 is 1.86 bits per heavy atom. The number of benzene rings is 1. The standard InChI is InChI=1S/C20H28N4OS.2ClH/c21-9-8-19-23-18(15-26-19)20(25)22-13-16-6-5-7-17(12-16)14-24-10-3-1-2-4-11-24;;/h5-7,12,15H,1-4,8-11,13-14,21H2,(H,22,25);2*1H. The van der Waals surface area contributed by atoms with Gasteiger partial charge in [0, 0.05) is 24.9 Å². The molecule has 8 heteroatoms. The molecule has 28 heavy (non-hydrogen) atoms. The molecule has 2 heterocycles. The minimum absolute atomic E-state index is 0. The van der Waals surface area contributed by atoms with Gasteiger partial charge in [-0.2, -0.15) is 0 Å². The lowest BCUT2D eigenvalue weighted by atomic mass is 10.1. The van der Waals surface area contributed by atoms with Gasteiger partial charge < -0.3 is 11.1 Å². The van der Waals surface area contributed by atoms with Crippen LogP contribution >= 0.6 is 36.2 Å². The number of thiazole rings is 1. The number of nitrogens with one attached hydrogen (secondary N) is 1. The van der Waals surface area contributed by atoms with E-state index < -0.39 is 0 Å². The normalized spacial score (nSPS) is 14.5. The van der Waals surface area contributed by atoms with Crippen LogP contribution in [0.3, 0.4) is 0 Å². The number of nitrogens with two attached hydrogens (primary N) is 1. The van der Waals surface area contributed by atoms with Crippen LogP contribution in [0.25, 0.3) is 0 Å². The van der Waals surface area contributed by atoms with Gasteiger partial charge in [-0.3, -0.25) is 9.69 Å². The molecule has 1 saturated heterocycles. The largest absolute Gasteiger partial charge is 0.347 e. The number of nitrogens with zero attached hydrogens (tertiary/aromatic N) is 2. The summed E-state index contributed by atoms with van der Waals surface area (Å²) < 4.78 is 0. The van der Waals surface area contributed by atoms with Crippen LogP contribution in [-0.2, 0) is 19.5 Å². The Morgan fingerprint density at radius 1 is 1.14 bits per heavy atom. The van der Waals surface area contributed by atoms with Crippen LogP contribution < -0.4 is 11.1 Å². The van der Waals surface area contributed by atoms with E-state index in [2.05, 4.69) is 39.5 Å². The molecule has 156 valence electrons. The number of rotatable bonds is 7. The molecule has 0 bridgehead atoms. The fourth-order valence-electron chi connectivity index (χ4n) is 3.32. The molecule has 1 aromatic heterocycles. The monoisotopic (exact) mass is 444 g/mol. The second kappa shape index (κ2) is 13.1. The van der Waals surface area contributed by atoms with Crippen LogP contribution in [0.5, 0.6) is 0 Å². The maximum Gasteiger partial charge on any atom is 0.271 e. The lowest BCUT2D eigenvalue weighted by Crippen LogP contribution is -2.25. The second-order valence-electron chi connectivity index (χ2n) is 6.86. The van der Waals surface area contributed by atoms with Crippen LogP contribution in [0.4, 0.5) is 0 Å². The van der Waals surface area contributed by atoms with Gasteiger partial charge in [0.15, 0.2) is 0 Å². The van der Waals surface area contributed by atoms with E-state index in [1.807, 2.05) is 0 Å². The molecule has 0 unspecified atom stereocenters. The van der Waals surface area contributed by atoms with Crippen molar-refractivity contribution < 1.29 is 4.79 Å². The number of carbonyl (C=O) groups is 1. The first-order valence-corrected chi connectivity index (χ1v) is 10.4. The molecule has 5 nitrogen and oxygen atoms in total. The van der Waals surface area contributed by atoms with Crippen LogP contribution in [0, 0.1) is 0 Å². The molecule has 1 aliphatic heterocycles. The molecule has 1 fully saturated rings. The lowest BCUT2D eigenvalue weighted by molar-refractivity contribution is 0.0946. The van der Waals surface area contributed by atoms with Gasteiger partial charge in [-0.1, -0.05) is 37.1 Å². The average molecular weight is 445 g/mol. The van der Waals surface area contributed by atoms with Gasteiger partial charge in [-0.15, -0.1) is 36.2 Å². The van der Waals surface area contributed by atoms with E-state index in [1.54, 1.807) is 5.38 Å². The zero-order valence-corrected chi connectivity index (χ0v) is 18.5. The molecule has 2 aromatic rings. The average Bonchev–Trinajstić information content (AvgIpc) is 2.97. The van der Waals surface area contributed by atoms with E-state index in [0.717, 1.165) is 23.5 Å². The van der Waals surface area contributed by atoms with Gasteiger partial charge in [0.05, 0.1) is 5.01 Å². The zero-order chi connectivity index (χ0) is 18.2. The minimum atomic E-state index is -0.123. The number of hydrogen-bond acceptors (Lipinski definition) is 5. The number of aromatic nitrogens is 1. The first-order chi connectivity index (χ1) is 12.7. The topological polar surface area (TPSA) is 71.2 Å². The van der Waals surface area contributed by atoms with Crippen molar-refractivity contribution in [2.75, 3.05) is 19.6 Å². The Balaban J connectivity index is 0.00000196. The Labute approximate surface area is 183 Å². The summed E-state index contributed by atoms with van der Waals surface area (Å²) in [5.41, 5.74) is 8.46. The molecule has 0 atom stereocenters. The zero-order valence-electron chi connectivity index (χ0n) is 16.1. The highest BCUT2D eigenvalue weighted by Crippen LogP contribution is 2.15. The van der Waals surface area contributed by atoms with E-state index in [0.29, 0.717) is 18.8 Å². The number of likely N-dealkylation sites (tertiary alicyclic amines) is 1. The predicted octanol–water partition coefficient (Wildman–Crippen LogP) is 3.79. The van der Waals surface area contributed by atoms with Crippen molar-refractivity contribution in [2.45, 2.75) is 45.2 Å². The quantitative estimate of drug-likeness (QED) is 0.680. The van der Waals surface area contributed by atoms with E-state index in [-0.39, 0.29) is 30.7 Å². The first kappa shape index (κ1) is 24.9. The summed E-state index contributed by atoms with van der Waals surface area (Å²) >= 11 is 1.49. The van der Waals surface area contributed by atoms with Crippen molar-refractivity contribution in [1.29, 1.82) is 0 Å². The van der Waals surface area contributed by atoms with Gasteiger partial charge in [0.25, 0.3) is 5.91 Å². The maximum absolute atomic E-state index is 12.3. The SMILES string of the molecule is Cl.Cl.NCCc1nc(C(=O)NCc2cccc(CN3CCCCCC3)c2)cs1. The van der Waals surface area contributed by atoms with Gasteiger partial charge >= 0.3 is 0 Å². The minimum Gasteiger partial charge on any atom is -0.347 e. The Kier molecular flexibility index (Phi) is 11.6. The summed E-state index contributed by atoms with van der Waals surface area (Å²) in [6.45, 7) is 4.46. The molecule has 1 amide bonds. The third kappa shape index (κ3) is 7.68. The highest BCUT2D eigenvalue weighted by molar-refractivity contribution is 7.09. The smallest absolute Gasteiger partial charge is 0.271 e. The highest BCUT2D eigenvalue weighted by atomic mass is 35.5. The number of halogens is 2. The van der Waals surface area contributed by atoms with Crippen LogP contribution in [0.15, 0.2) is 29.6 Å². The van der Waals surface area contributed by atoms with E-state index in [4.69, 9.17) is 5.73 Å². The van der Waals surface area contributed by atoms with Crippen LogP contribution in [0.2, 0.25) is 0 Å². The number of amides is 1. The molecule has 1 aromatic carbocycles. The summed E-state index contributed by atoms with van der Waals surface area (Å²) in [5.74, 6) is -0.123. The molecule has 3 N–H and O–H groups in total. The molecular weight excluding hydrogens is 415 g/mol. The maximum atomic E-state index is 12.3. The third-order valence-electron chi connectivity index (χ3n) is 4.69. The molecule has 1 aliphatic rings. The Morgan fingerprint density at radius 3 is 2.57 bits per heavy atom. The second-order valence-corrected chi connectivity index (χ2v) is 7.80. The van der Waals surface area contributed by atoms with Crippen molar-refractivity contribution in [2.24, 2.45) is 5.73 Å². The fourth-order valence-corrected chi connectivity index (χ4v) is 4.11. The van der Waals surface area contributed by atoms with E-state index in [9.17, 15) is 4.79 Å². The summed E-state index contributed by atoms with van der Waals surface area (Å²) in [6, 6.07) is 8.52. The molecular formula is C20H30Cl2N4OS. The number of hydrogen-bond donors (Lipinski definition) is 2. The van der Waals surface area contributed by atoms with Crippen molar-refractivity contribution in [3.05, 3.63) is 51.5 Å². The van der Waals surface area contributed by atoms with E-state index in [1.165, 1.54) is 55.7 Å². The first-order valence-electron chi connectivity index (χ1n) is 9.47. The summed E-state index contributed by atoms with van der Waals surface area (Å²) in [5, 5.41) is 5.69. The summed E-state index contributed by atoms with van der Waals surface area (Å²) in [7, 11) is 0. The van der Waals surface area contributed by atoms with Crippen LogP contribution in [0.1, 0.15) is 52.3 Å². The molecule has 0 saturated carbocycles. The van der Waals surface area contributed by atoms with Crippen molar-refractivity contribution in [3.63, 3.8) is 0 Å². The molecule has 0 aliphatic carbocycles. The number of carbonyl (C=O) groups excluding carboxylic acids is 1. The summed E-state index contributed by atoms with van der Waals surface area (Å²) in [6.07, 6.45) is 6.03. The third-order valence-corrected chi connectivity index (χ3v) is 5.60. The highest BCUT2D eigenvalue weighted by Gasteiger charge is 2.12. The van der Waals surface area contributed by atoms with Crippen molar-refractivity contribution in [1.82, 2.24) is 15.2 Å². The fraction of sp³-hybridized carbons (Fsp3) is 0.500. The molecule has 3 rings (SSSR count). The van der Waals surface area contributed by atoms with Gasteiger partial charge in [-0.25, -0.2) is 4.98 Å². The van der Waals surface area contributed by atoms with E-state index >= 15 is 0 Å². The molecule has 0 spiro atoms. The van der Waals surface area contributed by atoms with Gasteiger partial charge in [0.1, 0.15) is 5.69 Å². The Hall–Kier alpha value is -1.18. The molecule has 0 radical (unpaired) electrons. The Bertz CT molecular complexity index is 718. The van der Waals surface area contributed by atoms with Gasteiger partial charge in [-0.05, 0) is 43.6 Å².